The average Bonchev–Trinajstić information content (AvgIpc) is 3.22. The zero-order valence-corrected chi connectivity index (χ0v) is 15.3. The number of nitrogens with zero attached hydrogens (tertiary/aromatic N) is 4. The largest absolute Gasteiger partial charge is 0.386 e. The van der Waals surface area contributed by atoms with Gasteiger partial charge in [0.1, 0.15) is 17.0 Å². The van der Waals surface area contributed by atoms with Gasteiger partial charge < -0.3 is 14.7 Å². The van der Waals surface area contributed by atoms with Crippen molar-refractivity contribution in [1.82, 2.24) is 19.6 Å². The third kappa shape index (κ3) is 2.90. The molecule has 0 bridgehead atoms. The summed E-state index contributed by atoms with van der Waals surface area (Å²) in [6, 6.07) is 4.10. The van der Waals surface area contributed by atoms with Gasteiger partial charge in [-0.25, -0.2) is 4.98 Å². The molecule has 1 atom stereocenters. The third-order valence-corrected chi connectivity index (χ3v) is 5.36. The van der Waals surface area contributed by atoms with Crippen molar-refractivity contribution < 1.29 is 9.84 Å². The van der Waals surface area contributed by atoms with Crippen LogP contribution in [0.2, 0.25) is 0 Å². The topological polar surface area (TPSA) is 87.2 Å². The molecule has 1 aliphatic heterocycles. The Kier molecular flexibility index (Phi) is 3.98. The summed E-state index contributed by atoms with van der Waals surface area (Å²) in [5.74, 6) is 0.849. The highest BCUT2D eigenvalue weighted by Gasteiger charge is 2.28. The molecule has 0 amide bonds. The molecule has 4 rings (SSSR count). The van der Waals surface area contributed by atoms with E-state index in [0.29, 0.717) is 13.2 Å². The molecule has 1 aliphatic rings. The summed E-state index contributed by atoms with van der Waals surface area (Å²) < 4.78 is 11.0. The summed E-state index contributed by atoms with van der Waals surface area (Å²) in [6.07, 6.45) is 1.70. The van der Waals surface area contributed by atoms with Gasteiger partial charge >= 0.3 is 0 Å². The molecule has 132 valence electrons. The van der Waals surface area contributed by atoms with Crippen LogP contribution in [0.3, 0.4) is 0 Å². The van der Waals surface area contributed by atoms with Gasteiger partial charge in [-0.3, -0.25) is 5.10 Å². The Morgan fingerprint density at radius 1 is 1.44 bits per heavy atom. The fourth-order valence-corrected chi connectivity index (χ4v) is 4.14. The van der Waals surface area contributed by atoms with Crippen molar-refractivity contribution in [3.63, 3.8) is 0 Å². The molecule has 0 saturated carbocycles. The van der Waals surface area contributed by atoms with Crippen molar-refractivity contribution in [1.29, 1.82) is 0 Å². The van der Waals surface area contributed by atoms with Crippen LogP contribution in [-0.4, -0.2) is 50.5 Å². The van der Waals surface area contributed by atoms with Crippen LogP contribution >= 0.6 is 11.5 Å². The van der Waals surface area contributed by atoms with Crippen molar-refractivity contribution in [2.45, 2.75) is 32.4 Å². The van der Waals surface area contributed by atoms with Crippen molar-refractivity contribution in [3.05, 3.63) is 23.9 Å². The lowest BCUT2D eigenvalue weighted by atomic mass is 9.98. The van der Waals surface area contributed by atoms with E-state index in [-0.39, 0.29) is 6.04 Å². The SMILES string of the molecule is C[C@@H]1COCCN1c1cc(C(C)(C)O)c2snc(-c3ccn[nH]3)c2n1. The molecular formula is C17H21N5O2S. The minimum absolute atomic E-state index is 0.232. The van der Waals surface area contributed by atoms with Crippen LogP contribution in [0, 0.1) is 0 Å². The molecule has 25 heavy (non-hydrogen) atoms. The van der Waals surface area contributed by atoms with Crippen LogP contribution in [0.15, 0.2) is 18.3 Å². The molecule has 0 unspecified atom stereocenters. The Labute approximate surface area is 149 Å². The van der Waals surface area contributed by atoms with E-state index in [2.05, 4.69) is 26.4 Å². The lowest BCUT2D eigenvalue weighted by Gasteiger charge is -2.35. The maximum Gasteiger partial charge on any atom is 0.130 e. The number of aromatic nitrogens is 4. The lowest BCUT2D eigenvalue weighted by Crippen LogP contribution is -2.44. The monoisotopic (exact) mass is 359 g/mol. The Bertz CT molecular complexity index is 884. The molecule has 2 N–H and O–H groups in total. The van der Waals surface area contributed by atoms with Crippen molar-refractivity contribution in [2.24, 2.45) is 0 Å². The van der Waals surface area contributed by atoms with Gasteiger partial charge in [-0.15, -0.1) is 0 Å². The number of H-pyrrole nitrogens is 1. The van der Waals surface area contributed by atoms with E-state index in [0.717, 1.165) is 39.5 Å². The maximum atomic E-state index is 10.7. The highest BCUT2D eigenvalue weighted by Crippen LogP contribution is 2.38. The second kappa shape index (κ2) is 6.05. The van der Waals surface area contributed by atoms with Crippen molar-refractivity contribution in [3.8, 4) is 11.4 Å². The second-order valence-corrected chi connectivity index (χ2v) is 7.66. The molecule has 3 aromatic rings. The Morgan fingerprint density at radius 2 is 2.28 bits per heavy atom. The van der Waals surface area contributed by atoms with Crippen LogP contribution in [0.4, 0.5) is 5.82 Å². The highest BCUT2D eigenvalue weighted by molar-refractivity contribution is 7.13. The predicted molar refractivity (Wildman–Crippen MR) is 97.9 cm³/mol. The zero-order chi connectivity index (χ0) is 17.6. The molecule has 8 heteroatoms. The number of hydrogen-bond acceptors (Lipinski definition) is 7. The number of hydrogen-bond donors (Lipinski definition) is 2. The van der Waals surface area contributed by atoms with Crippen LogP contribution in [0.5, 0.6) is 0 Å². The van der Waals surface area contributed by atoms with E-state index in [4.69, 9.17) is 9.72 Å². The number of anilines is 1. The van der Waals surface area contributed by atoms with E-state index in [1.807, 2.05) is 12.1 Å². The number of aliphatic hydroxyl groups is 1. The van der Waals surface area contributed by atoms with Gasteiger partial charge in [0.2, 0.25) is 0 Å². The molecule has 0 aliphatic carbocycles. The third-order valence-electron chi connectivity index (χ3n) is 4.49. The molecular weight excluding hydrogens is 338 g/mol. The van der Waals surface area contributed by atoms with E-state index < -0.39 is 5.60 Å². The van der Waals surface area contributed by atoms with Gasteiger partial charge in [0.15, 0.2) is 0 Å². The van der Waals surface area contributed by atoms with E-state index in [1.54, 1.807) is 20.0 Å². The van der Waals surface area contributed by atoms with Crippen LogP contribution < -0.4 is 4.90 Å². The Balaban J connectivity index is 1.93. The van der Waals surface area contributed by atoms with Crippen LogP contribution in [0.1, 0.15) is 26.3 Å². The lowest BCUT2D eigenvalue weighted by molar-refractivity contribution is 0.0801. The number of pyridine rings is 1. The first-order valence-electron chi connectivity index (χ1n) is 8.32. The summed E-state index contributed by atoms with van der Waals surface area (Å²) in [4.78, 5) is 7.13. The molecule has 0 aromatic carbocycles. The van der Waals surface area contributed by atoms with Gasteiger partial charge in [-0.1, -0.05) is 0 Å². The van der Waals surface area contributed by atoms with E-state index in [1.165, 1.54) is 11.5 Å². The molecule has 0 radical (unpaired) electrons. The normalized spacial score (nSPS) is 18.9. The minimum atomic E-state index is -0.983. The predicted octanol–water partition coefficient (Wildman–Crippen LogP) is 2.53. The smallest absolute Gasteiger partial charge is 0.130 e. The summed E-state index contributed by atoms with van der Waals surface area (Å²) in [5, 5.41) is 17.7. The van der Waals surface area contributed by atoms with Gasteiger partial charge in [0, 0.05) is 18.3 Å². The van der Waals surface area contributed by atoms with E-state index >= 15 is 0 Å². The summed E-state index contributed by atoms with van der Waals surface area (Å²) in [5.41, 5.74) is 2.25. The molecule has 1 fully saturated rings. The number of nitrogens with one attached hydrogen (secondary N) is 1. The van der Waals surface area contributed by atoms with Crippen LogP contribution in [-0.2, 0) is 10.3 Å². The second-order valence-electron chi connectivity index (χ2n) is 6.88. The quantitative estimate of drug-likeness (QED) is 0.747. The van der Waals surface area contributed by atoms with Crippen LogP contribution in [0.25, 0.3) is 21.6 Å². The Hall–Kier alpha value is -2.03. The van der Waals surface area contributed by atoms with Gasteiger partial charge in [0.25, 0.3) is 0 Å². The molecule has 3 aromatic heterocycles. The number of ether oxygens (including phenoxy) is 1. The average molecular weight is 359 g/mol. The molecule has 7 nitrogen and oxygen atoms in total. The van der Waals surface area contributed by atoms with Gasteiger partial charge in [-0.05, 0) is 44.4 Å². The molecule has 1 saturated heterocycles. The summed E-state index contributed by atoms with van der Waals surface area (Å²) in [7, 11) is 0. The zero-order valence-electron chi connectivity index (χ0n) is 14.5. The first-order valence-corrected chi connectivity index (χ1v) is 9.10. The molecule has 4 heterocycles. The summed E-state index contributed by atoms with van der Waals surface area (Å²) in [6.45, 7) is 7.84. The maximum absolute atomic E-state index is 10.7. The Morgan fingerprint density at radius 3 is 2.96 bits per heavy atom. The number of morpholine rings is 1. The fourth-order valence-electron chi connectivity index (χ4n) is 3.14. The molecule has 0 spiro atoms. The highest BCUT2D eigenvalue weighted by atomic mass is 32.1. The summed E-state index contributed by atoms with van der Waals surface area (Å²) >= 11 is 1.36. The standard InChI is InChI=1S/C17H21N5O2S/c1-10-9-24-7-6-22(10)13-8-11(17(2,3)23)16-15(19-13)14(21-25-16)12-4-5-18-20-12/h4-5,8,10,23H,6-7,9H2,1-3H3,(H,18,20)/t10-/m1/s1. The first kappa shape index (κ1) is 16.4. The minimum Gasteiger partial charge on any atom is -0.386 e. The van der Waals surface area contributed by atoms with E-state index in [9.17, 15) is 5.11 Å². The first-order chi connectivity index (χ1) is 11.9. The van der Waals surface area contributed by atoms with Gasteiger partial charge in [-0.2, -0.15) is 9.47 Å². The van der Waals surface area contributed by atoms with Gasteiger partial charge in [0.05, 0.1) is 35.3 Å². The van der Waals surface area contributed by atoms with Crippen molar-refractivity contribution >= 4 is 27.6 Å². The number of aromatic amines is 1. The van der Waals surface area contributed by atoms with Crippen molar-refractivity contribution in [2.75, 3.05) is 24.7 Å². The fraction of sp³-hybridized carbons (Fsp3) is 0.471. The number of rotatable bonds is 3. The number of fused-ring (bicyclic) bond motifs is 1.